The van der Waals surface area contributed by atoms with Gasteiger partial charge in [-0.25, -0.2) is 0 Å². The fraction of sp³-hybridized carbons (Fsp3) is 0.0500. The molecular weight excluding hydrogens is 407 g/mol. The summed E-state index contributed by atoms with van der Waals surface area (Å²) in [5.41, 5.74) is -4.76. The number of alkyl halides is 3. The first kappa shape index (κ1) is 17.7. The molecule has 0 radical (unpaired) electrons. The SMILES string of the molecule is O=c1c2ccccc2c2cc(OS(=O)(=O)C(F)(F)F)cc3c4ccccc4n1c23. The third-order valence-electron chi connectivity index (χ3n) is 4.88. The van der Waals surface area contributed by atoms with Crippen LogP contribution in [0.25, 0.3) is 38.0 Å². The molecule has 0 N–H and O–H groups in total. The maximum Gasteiger partial charge on any atom is 0.534 e. The number of rotatable bonds is 2. The molecule has 0 aliphatic rings. The van der Waals surface area contributed by atoms with E-state index in [2.05, 4.69) is 4.18 Å². The van der Waals surface area contributed by atoms with Crippen molar-refractivity contribution in [1.82, 2.24) is 4.40 Å². The minimum absolute atomic E-state index is 0.268. The van der Waals surface area contributed by atoms with Crippen LogP contribution in [0.4, 0.5) is 13.2 Å². The smallest absolute Gasteiger partial charge is 0.376 e. The van der Waals surface area contributed by atoms with Crippen LogP contribution in [0.1, 0.15) is 0 Å². The molecule has 9 heteroatoms. The standard InChI is InChI=1S/C20H10F3NO4S/c21-20(22,23)29(26,27)28-11-9-15-12-5-1-2-7-14(12)19(25)24-17-8-4-3-6-13(17)16(10-11)18(15)24/h1-10H. The molecular formula is C20H10F3NO4S. The van der Waals surface area contributed by atoms with E-state index in [1.165, 1.54) is 16.5 Å². The molecule has 0 unspecified atom stereocenters. The average Bonchev–Trinajstić information content (AvgIpc) is 3.00. The molecule has 5 aromatic rings. The lowest BCUT2D eigenvalue weighted by Crippen LogP contribution is -2.28. The van der Waals surface area contributed by atoms with Crippen LogP contribution in [-0.2, 0) is 10.1 Å². The second-order valence-electron chi connectivity index (χ2n) is 6.55. The van der Waals surface area contributed by atoms with Crippen molar-refractivity contribution in [1.29, 1.82) is 0 Å². The molecule has 0 saturated carbocycles. The number of fused-ring (bicyclic) bond motifs is 5. The Hall–Kier alpha value is -3.33. The summed E-state index contributed by atoms with van der Waals surface area (Å²) in [6.07, 6.45) is 0. The van der Waals surface area contributed by atoms with Crippen LogP contribution in [0.3, 0.4) is 0 Å². The lowest BCUT2D eigenvalue weighted by molar-refractivity contribution is -0.0500. The van der Waals surface area contributed by atoms with E-state index in [1.54, 1.807) is 48.5 Å². The van der Waals surface area contributed by atoms with Gasteiger partial charge in [-0.1, -0.05) is 36.4 Å². The third-order valence-corrected chi connectivity index (χ3v) is 5.86. The first-order valence-electron chi connectivity index (χ1n) is 8.41. The van der Waals surface area contributed by atoms with Crippen molar-refractivity contribution in [2.45, 2.75) is 5.51 Å². The fourth-order valence-corrected chi connectivity index (χ4v) is 4.18. The molecule has 0 atom stereocenters. The second-order valence-corrected chi connectivity index (χ2v) is 8.09. The molecule has 0 aliphatic heterocycles. The van der Waals surface area contributed by atoms with Crippen LogP contribution in [0.15, 0.2) is 65.5 Å². The van der Waals surface area contributed by atoms with Crippen LogP contribution < -0.4 is 9.74 Å². The van der Waals surface area contributed by atoms with Crippen LogP contribution in [0.2, 0.25) is 0 Å². The van der Waals surface area contributed by atoms with Gasteiger partial charge in [0.1, 0.15) is 5.75 Å². The molecule has 5 nitrogen and oxygen atoms in total. The van der Waals surface area contributed by atoms with Crippen molar-refractivity contribution >= 4 is 48.1 Å². The Balaban J connectivity index is 1.99. The maximum atomic E-state index is 13.1. The Bertz CT molecular complexity index is 1600. The van der Waals surface area contributed by atoms with Gasteiger partial charge in [-0.05, 0) is 29.7 Å². The van der Waals surface area contributed by atoms with Gasteiger partial charge in [0.25, 0.3) is 5.56 Å². The zero-order valence-corrected chi connectivity index (χ0v) is 15.2. The van der Waals surface area contributed by atoms with Gasteiger partial charge < -0.3 is 4.18 Å². The van der Waals surface area contributed by atoms with E-state index in [-0.39, 0.29) is 5.56 Å². The molecule has 5 rings (SSSR count). The number of benzene rings is 3. The number of hydrogen-bond acceptors (Lipinski definition) is 4. The number of aromatic nitrogens is 1. The van der Waals surface area contributed by atoms with Gasteiger partial charge in [-0.15, -0.1) is 0 Å². The van der Waals surface area contributed by atoms with Crippen molar-refractivity contribution < 1.29 is 25.8 Å². The van der Waals surface area contributed by atoms with Gasteiger partial charge >= 0.3 is 15.6 Å². The highest BCUT2D eigenvalue weighted by Gasteiger charge is 2.48. The van der Waals surface area contributed by atoms with Gasteiger partial charge in [0, 0.05) is 21.5 Å². The Kier molecular flexibility index (Phi) is 3.43. The Morgan fingerprint density at radius 3 is 2.00 bits per heavy atom. The fourth-order valence-electron chi connectivity index (χ4n) is 3.73. The maximum absolute atomic E-state index is 13.1. The molecule has 0 saturated heterocycles. The van der Waals surface area contributed by atoms with Gasteiger partial charge in [0.15, 0.2) is 0 Å². The van der Waals surface area contributed by atoms with Gasteiger partial charge in [-0.3, -0.25) is 9.20 Å². The largest absolute Gasteiger partial charge is 0.534 e. The number of halogens is 3. The number of hydrogen-bond donors (Lipinski definition) is 0. The number of pyridine rings is 1. The molecule has 0 bridgehead atoms. The molecule has 146 valence electrons. The predicted octanol–water partition coefficient (Wildman–Crippen LogP) is 4.43. The third kappa shape index (κ3) is 2.40. The first-order valence-corrected chi connectivity index (χ1v) is 9.82. The number of para-hydroxylation sites is 1. The topological polar surface area (TPSA) is 64.9 Å². The summed E-state index contributed by atoms with van der Waals surface area (Å²) in [5.74, 6) is -0.475. The molecule has 3 aromatic carbocycles. The van der Waals surface area contributed by atoms with Crippen molar-refractivity contribution in [2.24, 2.45) is 0 Å². The van der Waals surface area contributed by atoms with E-state index in [9.17, 15) is 26.4 Å². The van der Waals surface area contributed by atoms with Crippen LogP contribution >= 0.6 is 0 Å². The van der Waals surface area contributed by atoms with Crippen LogP contribution in [0.5, 0.6) is 5.75 Å². The highest BCUT2D eigenvalue weighted by atomic mass is 32.2. The van der Waals surface area contributed by atoms with Crippen LogP contribution in [-0.4, -0.2) is 18.3 Å². The van der Waals surface area contributed by atoms with E-state index in [0.29, 0.717) is 38.0 Å². The van der Waals surface area contributed by atoms with E-state index in [0.717, 1.165) is 0 Å². The monoisotopic (exact) mass is 417 g/mol. The van der Waals surface area contributed by atoms with Crippen LogP contribution in [0, 0.1) is 0 Å². The summed E-state index contributed by atoms with van der Waals surface area (Å²) in [6, 6.07) is 16.0. The summed E-state index contributed by atoms with van der Waals surface area (Å²) in [4.78, 5) is 13.1. The molecule has 2 aromatic heterocycles. The van der Waals surface area contributed by atoms with Gasteiger partial charge in [-0.2, -0.15) is 21.6 Å². The van der Waals surface area contributed by atoms with E-state index >= 15 is 0 Å². The summed E-state index contributed by atoms with van der Waals surface area (Å²) in [7, 11) is -5.83. The van der Waals surface area contributed by atoms with Crippen molar-refractivity contribution in [2.75, 3.05) is 0 Å². The highest BCUT2D eigenvalue weighted by Crippen LogP contribution is 2.38. The Morgan fingerprint density at radius 2 is 1.34 bits per heavy atom. The van der Waals surface area contributed by atoms with Crippen molar-refractivity contribution in [3.05, 3.63) is 71.0 Å². The molecule has 2 heterocycles. The molecule has 0 aliphatic carbocycles. The first-order chi connectivity index (χ1) is 13.7. The lowest BCUT2D eigenvalue weighted by atomic mass is 10.0. The van der Waals surface area contributed by atoms with E-state index in [4.69, 9.17) is 0 Å². The summed E-state index contributed by atoms with van der Waals surface area (Å²) in [6.45, 7) is 0. The lowest BCUT2D eigenvalue weighted by Gasteiger charge is -2.11. The molecule has 0 fully saturated rings. The minimum Gasteiger partial charge on any atom is -0.376 e. The molecule has 29 heavy (non-hydrogen) atoms. The van der Waals surface area contributed by atoms with Crippen molar-refractivity contribution in [3.8, 4) is 5.75 Å². The Morgan fingerprint density at radius 1 is 0.793 bits per heavy atom. The van der Waals surface area contributed by atoms with Crippen molar-refractivity contribution in [3.63, 3.8) is 0 Å². The number of nitrogens with zero attached hydrogens (tertiary/aromatic N) is 1. The van der Waals surface area contributed by atoms with E-state index in [1.807, 2.05) is 0 Å². The normalized spacial score (nSPS) is 13.1. The zero-order valence-electron chi connectivity index (χ0n) is 14.4. The van der Waals surface area contributed by atoms with Gasteiger partial charge in [0.05, 0.1) is 11.0 Å². The molecule has 0 amide bonds. The average molecular weight is 417 g/mol. The minimum atomic E-state index is -5.83. The Labute approximate surface area is 161 Å². The second kappa shape index (κ2) is 5.60. The summed E-state index contributed by atoms with van der Waals surface area (Å²) < 4.78 is 67.4. The summed E-state index contributed by atoms with van der Waals surface area (Å²) in [5, 5.41) is 2.29. The predicted molar refractivity (Wildman–Crippen MR) is 103 cm³/mol. The molecule has 0 spiro atoms. The summed E-state index contributed by atoms with van der Waals surface area (Å²) >= 11 is 0. The van der Waals surface area contributed by atoms with Gasteiger partial charge in [0.2, 0.25) is 0 Å². The zero-order chi connectivity index (χ0) is 20.6. The quantitative estimate of drug-likeness (QED) is 0.242. The highest BCUT2D eigenvalue weighted by molar-refractivity contribution is 7.88. The van der Waals surface area contributed by atoms with E-state index < -0.39 is 21.4 Å².